The van der Waals surface area contributed by atoms with Crippen molar-refractivity contribution >= 4 is 12.4 Å². The summed E-state index contributed by atoms with van der Waals surface area (Å²) < 4.78 is 25.2. The number of phenols is 1. The summed E-state index contributed by atoms with van der Waals surface area (Å²) in [5.74, 6) is -1.29. The van der Waals surface area contributed by atoms with Crippen LogP contribution in [0.25, 0.3) is 0 Å². The molecule has 0 aliphatic carbocycles. The van der Waals surface area contributed by atoms with Crippen LogP contribution in [-0.4, -0.2) is 11.8 Å². The topological polar surface area (TPSA) is 46.2 Å². The summed E-state index contributed by atoms with van der Waals surface area (Å²) in [7, 11) is 0. The van der Waals surface area contributed by atoms with Crippen molar-refractivity contribution in [1.82, 2.24) is 0 Å². The van der Waals surface area contributed by atoms with Crippen LogP contribution in [0.4, 0.5) is 8.78 Å². The molecule has 14 heavy (non-hydrogen) atoms. The van der Waals surface area contributed by atoms with E-state index in [9.17, 15) is 13.9 Å². The van der Waals surface area contributed by atoms with Gasteiger partial charge in [-0.15, -0.1) is 12.4 Å². The van der Waals surface area contributed by atoms with Gasteiger partial charge in [0.15, 0.2) is 11.6 Å². The number of aryl methyl sites for hydroxylation is 1. The molecule has 0 amide bonds. The fourth-order valence-electron chi connectivity index (χ4n) is 1.06. The lowest BCUT2D eigenvalue weighted by atomic mass is 10.0. The van der Waals surface area contributed by atoms with Gasteiger partial charge in [0.05, 0.1) is 6.04 Å². The van der Waals surface area contributed by atoms with E-state index < -0.39 is 24.3 Å². The number of benzene rings is 1. The summed E-state index contributed by atoms with van der Waals surface area (Å²) in [6.45, 7) is 0.690. The van der Waals surface area contributed by atoms with E-state index in [1.165, 1.54) is 19.1 Å². The first-order valence-corrected chi connectivity index (χ1v) is 3.87. The van der Waals surface area contributed by atoms with E-state index in [-0.39, 0.29) is 18.0 Å². The summed E-state index contributed by atoms with van der Waals surface area (Å²) in [5.41, 5.74) is 5.73. The Morgan fingerprint density at radius 2 is 2.07 bits per heavy atom. The average molecular weight is 224 g/mol. The number of aromatic hydroxyl groups is 1. The van der Waals surface area contributed by atoms with E-state index in [0.29, 0.717) is 5.56 Å². The summed E-state index contributed by atoms with van der Waals surface area (Å²) in [5, 5.41) is 9.26. The Bertz CT molecular complexity index is 320. The van der Waals surface area contributed by atoms with Crippen molar-refractivity contribution in [1.29, 1.82) is 0 Å². The molecule has 0 saturated carbocycles. The van der Waals surface area contributed by atoms with Crippen molar-refractivity contribution in [3.05, 3.63) is 29.1 Å². The molecule has 5 heteroatoms. The molecule has 1 aromatic rings. The van der Waals surface area contributed by atoms with E-state index in [0.717, 1.165) is 0 Å². The summed E-state index contributed by atoms with van der Waals surface area (Å²) in [6.07, 6.45) is 0. The monoisotopic (exact) mass is 223 g/mol. The van der Waals surface area contributed by atoms with Crippen LogP contribution < -0.4 is 5.73 Å². The maximum Gasteiger partial charge on any atom is 0.168 e. The zero-order valence-corrected chi connectivity index (χ0v) is 8.44. The first kappa shape index (κ1) is 13.1. The van der Waals surface area contributed by atoms with Gasteiger partial charge in [0, 0.05) is 5.56 Å². The first-order valence-electron chi connectivity index (χ1n) is 3.87. The molecule has 0 unspecified atom stereocenters. The van der Waals surface area contributed by atoms with Crippen LogP contribution in [0.2, 0.25) is 0 Å². The van der Waals surface area contributed by atoms with Crippen LogP contribution in [-0.2, 0) is 0 Å². The fraction of sp³-hybridized carbons (Fsp3) is 0.333. The Kier molecular flexibility index (Phi) is 4.80. The van der Waals surface area contributed by atoms with Crippen molar-refractivity contribution in [3.63, 3.8) is 0 Å². The number of alkyl halides is 1. The molecule has 2 nitrogen and oxygen atoms in total. The van der Waals surface area contributed by atoms with Gasteiger partial charge in [-0.2, -0.15) is 0 Å². The second kappa shape index (κ2) is 5.12. The second-order valence-electron chi connectivity index (χ2n) is 2.90. The van der Waals surface area contributed by atoms with Crippen LogP contribution in [0.1, 0.15) is 17.2 Å². The van der Waals surface area contributed by atoms with Crippen LogP contribution in [0.5, 0.6) is 5.75 Å². The molecule has 3 N–H and O–H groups in total. The van der Waals surface area contributed by atoms with Gasteiger partial charge in [-0.05, 0) is 12.5 Å². The van der Waals surface area contributed by atoms with Crippen LogP contribution in [0.3, 0.4) is 0 Å². The molecule has 1 rings (SSSR count). The number of phenolic OH excluding ortho intramolecular Hbond substituents is 1. The van der Waals surface area contributed by atoms with Crippen molar-refractivity contribution in [3.8, 4) is 5.75 Å². The highest BCUT2D eigenvalue weighted by atomic mass is 35.5. The molecule has 80 valence electrons. The Balaban J connectivity index is 0.00000169. The number of hydrogen-bond acceptors (Lipinski definition) is 2. The van der Waals surface area contributed by atoms with Crippen LogP contribution in [0, 0.1) is 12.7 Å². The van der Waals surface area contributed by atoms with Crippen molar-refractivity contribution < 1.29 is 13.9 Å². The lowest BCUT2D eigenvalue weighted by molar-refractivity contribution is 0.395. The number of nitrogens with two attached hydrogens (primary N) is 1. The maximum atomic E-state index is 13.1. The number of hydrogen-bond donors (Lipinski definition) is 2. The van der Waals surface area contributed by atoms with Gasteiger partial charge >= 0.3 is 0 Å². The largest absolute Gasteiger partial charge is 0.505 e. The Morgan fingerprint density at radius 3 is 2.57 bits per heavy atom. The molecule has 0 fully saturated rings. The summed E-state index contributed by atoms with van der Waals surface area (Å²) in [4.78, 5) is 0. The molecule has 1 atom stereocenters. The van der Waals surface area contributed by atoms with E-state index in [1.54, 1.807) is 0 Å². The molecule has 0 aromatic heterocycles. The maximum absolute atomic E-state index is 13.1. The molecular formula is C9H12ClF2NO. The summed E-state index contributed by atoms with van der Waals surface area (Å²) >= 11 is 0. The molecule has 0 aliphatic rings. The lowest BCUT2D eigenvalue weighted by Gasteiger charge is -2.11. The normalized spacial score (nSPS) is 12.0. The van der Waals surface area contributed by atoms with E-state index in [4.69, 9.17) is 5.73 Å². The smallest absolute Gasteiger partial charge is 0.168 e. The number of rotatable bonds is 2. The van der Waals surface area contributed by atoms with Gasteiger partial charge in [-0.25, -0.2) is 8.78 Å². The van der Waals surface area contributed by atoms with Crippen LogP contribution >= 0.6 is 12.4 Å². The average Bonchev–Trinajstić information content (AvgIpc) is 2.13. The molecular weight excluding hydrogens is 212 g/mol. The van der Waals surface area contributed by atoms with Crippen molar-refractivity contribution in [2.45, 2.75) is 13.0 Å². The molecule has 0 saturated heterocycles. The van der Waals surface area contributed by atoms with Gasteiger partial charge in [-0.3, -0.25) is 0 Å². The Morgan fingerprint density at radius 1 is 1.50 bits per heavy atom. The quantitative estimate of drug-likeness (QED) is 0.808. The third-order valence-electron chi connectivity index (χ3n) is 1.91. The van der Waals surface area contributed by atoms with Gasteiger partial charge in [0.1, 0.15) is 6.67 Å². The summed E-state index contributed by atoms with van der Waals surface area (Å²) in [6, 6.07) is 1.92. The first-order chi connectivity index (χ1) is 6.07. The SMILES string of the molecule is Cc1ccc([C@@H](N)CF)c(O)c1F.Cl. The standard InChI is InChI=1S/C9H11F2NO.ClH/c1-5-2-3-6(7(12)4-10)9(13)8(5)11;/h2-3,7,13H,4,12H2,1H3;1H/t7-;/m0./s1. The van der Waals surface area contributed by atoms with Crippen LogP contribution in [0.15, 0.2) is 12.1 Å². The van der Waals surface area contributed by atoms with Crippen molar-refractivity contribution in [2.75, 3.05) is 6.67 Å². The molecule has 0 spiro atoms. The molecule has 0 radical (unpaired) electrons. The highest BCUT2D eigenvalue weighted by molar-refractivity contribution is 5.85. The minimum atomic E-state index is -0.963. The lowest BCUT2D eigenvalue weighted by Crippen LogP contribution is -2.12. The molecule has 0 aliphatic heterocycles. The third-order valence-corrected chi connectivity index (χ3v) is 1.91. The van der Waals surface area contributed by atoms with Gasteiger partial charge in [-0.1, -0.05) is 12.1 Å². The predicted octanol–water partition coefficient (Wildman–Crippen LogP) is 2.23. The minimum Gasteiger partial charge on any atom is -0.505 e. The zero-order valence-electron chi connectivity index (χ0n) is 7.63. The zero-order chi connectivity index (χ0) is 10.0. The van der Waals surface area contributed by atoms with Crippen molar-refractivity contribution in [2.24, 2.45) is 5.73 Å². The second-order valence-corrected chi connectivity index (χ2v) is 2.90. The fourth-order valence-corrected chi connectivity index (χ4v) is 1.06. The van der Waals surface area contributed by atoms with E-state index >= 15 is 0 Å². The Hall–Kier alpha value is -0.870. The molecule has 1 aromatic carbocycles. The van der Waals surface area contributed by atoms with Gasteiger partial charge in [0.2, 0.25) is 0 Å². The Labute approximate surface area is 87.1 Å². The predicted molar refractivity (Wildman–Crippen MR) is 53.0 cm³/mol. The van der Waals surface area contributed by atoms with E-state index in [1.807, 2.05) is 0 Å². The van der Waals surface area contributed by atoms with Gasteiger partial charge < -0.3 is 10.8 Å². The highest BCUT2D eigenvalue weighted by Gasteiger charge is 2.15. The minimum absolute atomic E-state index is 0. The third kappa shape index (κ3) is 2.33. The molecule has 0 heterocycles. The van der Waals surface area contributed by atoms with E-state index in [2.05, 4.69) is 0 Å². The van der Waals surface area contributed by atoms with Gasteiger partial charge in [0.25, 0.3) is 0 Å². The number of halogens is 3. The highest BCUT2D eigenvalue weighted by Crippen LogP contribution is 2.27. The molecule has 0 bridgehead atoms.